The average molecular weight is 322 g/mol. The lowest BCUT2D eigenvalue weighted by Crippen LogP contribution is -2.24. The highest BCUT2D eigenvalue weighted by atomic mass is 35.5. The predicted octanol–water partition coefficient (Wildman–Crippen LogP) is 3.43. The minimum atomic E-state index is -0.186. The van der Waals surface area contributed by atoms with Gasteiger partial charge in [-0.15, -0.1) is 0 Å². The summed E-state index contributed by atoms with van der Waals surface area (Å²) in [5.41, 5.74) is 3.15. The van der Waals surface area contributed by atoms with Gasteiger partial charge in [0.2, 0.25) is 0 Å². The number of hydrogen-bond acceptors (Lipinski definition) is 3. The summed E-state index contributed by atoms with van der Waals surface area (Å²) in [4.78, 5) is 21.1. The third kappa shape index (κ3) is 2.61. The van der Waals surface area contributed by atoms with Crippen LogP contribution in [0.3, 0.4) is 0 Å². The van der Waals surface area contributed by atoms with Crippen LogP contribution in [0.5, 0.6) is 0 Å². The van der Waals surface area contributed by atoms with E-state index in [0.29, 0.717) is 33.5 Å². The van der Waals surface area contributed by atoms with E-state index in [0.717, 1.165) is 24.2 Å². The zero-order valence-corrected chi connectivity index (χ0v) is 12.9. The summed E-state index contributed by atoms with van der Waals surface area (Å²) in [6, 6.07) is 5.34. The maximum atomic E-state index is 12.1. The summed E-state index contributed by atoms with van der Waals surface area (Å²) >= 11 is 12.3. The lowest BCUT2D eigenvalue weighted by atomic mass is 10.1. The molecule has 6 heteroatoms. The van der Waals surface area contributed by atoms with Gasteiger partial charge in [0.15, 0.2) is 0 Å². The maximum Gasteiger partial charge on any atom is 0.271 e. The minimum Gasteiger partial charge on any atom is -0.351 e. The van der Waals surface area contributed by atoms with E-state index in [2.05, 4.69) is 15.3 Å². The fraction of sp³-hybridized carbons (Fsp3) is 0.267. The monoisotopic (exact) mass is 321 g/mol. The van der Waals surface area contributed by atoms with Gasteiger partial charge < -0.3 is 5.32 Å². The third-order valence-electron chi connectivity index (χ3n) is 3.44. The maximum absolute atomic E-state index is 12.1. The number of benzene rings is 1. The lowest BCUT2D eigenvalue weighted by Gasteiger charge is -2.11. The standard InChI is InChI=1S/C15H13Cl2N3O/c1-8-13(9-4-2-5-10(16)12(9)17)20-14-11(19-8)6-3-7-18-15(14)21/h2,4-5H,3,6-7H2,1H3,(H,18,21). The van der Waals surface area contributed by atoms with Gasteiger partial charge in [0.1, 0.15) is 5.69 Å². The quantitative estimate of drug-likeness (QED) is 0.875. The molecule has 1 aromatic carbocycles. The first kappa shape index (κ1) is 14.3. The number of nitrogens with zero attached hydrogens (tertiary/aromatic N) is 2. The molecule has 0 saturated heterocycles. The van der Waals surface area contributed by atoms with Crippen molar-refractivity contribution < 1.29 is 4.79 Å². The highest BCUT2D eigenvalue weighted by Gasteiger charge is 2.21. The second-order valence-electron chi connectivity index (χ2n) is 4.91. The van der Waals surface area contributed by atoms with Gasteiger partial charge in [0.05, 0.1) is 27.1 Å². The first-order valence-electron chi connectivity index (χ1n) is 6.68. The molecule has 0 saturated carbocycles. The van der Waals surface area contributed by atoms with Gasteiger partial charge in [-0.2, -0.15) is 0 Å². The van der Waals surface area contributed by atoms with Gasteiger partial charge in [0, 0.05) is 12.1 Å². The Morgan fingerprint density at radius 1 is 1.19 bits per heavy atom. The van der Waals surface area contributed by atoms with Crippen molar-refractivity contribution in [3.05, 3.63) is 45.3 Å². The molecule has 0 bridgehead atoms. The number of nitrogens with one attached hydrogen (secondary N) is 1. The molecule has 0 spiro atoms. The predicted molar refractivity (Wildman–Crippen MR) is 82.9 cm³/mol. The zero-order valence-electron chi connectivity index (χ0n) is 11.4. The van der Waals surface area contributed by atoms with Crippen LogP contribution in [0.2, 0.25) is 10.0 Å². The first-order valence-corrected chi connectivity index (χ1v) is 7.43. The summed E-state index contributed by atoms with van der Waals surface area (Å²) in [5.74, 6) is -0.186. The molecule has 1 aliphatic rings. The molecule has 2 aromatic rings. The Balaban J connectivity index is 2.20. The highest BCUT2D eigenvalue weighted by molar-refractivity contribution is 6.43. The Morgan fingerprint density at radius 2 is 2.00 bits per heavy atom. The van der Waals surface area contributed by atoms with Gasteiger partial charge in [-0.05, 0) is 25.8 Å². The number of aromatic nitrogens is 2. The van der Waals surface area contributed by atoms with E-state index in [-0.39, 0.29) is 5.91 Å². The molecular formula is C15H13Cl2N3O. The zero-order chi connectivity index (χ0) is 15.0. The van der Waals surface area contributed by atoms with Crippen LogP contribution in [0.1, 0.15) is 28.3 Å². The van der Waals surface area contributed by atoms with E-state index in [1.807, 2.05) is 13.0 Å². The largest absolute Gasteiger partial charge is 0.351 e. The molecule has 3 rings (SSSR count). The van der Waals surface area contributed by atoms with E-state index in [4.69, 9.17) is 23.2 Å². The molecule has 1 aromatic heterocycles. The van der Waals surface area contributed by atoms with Crippen LogP contribution >= 0.6 is 23.2 Å². The van der Waals surface area contributed by atoms with Gasteiger partial charge in [-0.25, -0.2) is 4.98 Å². The van der Waals surface area contributed by atoms with Crippen LogP contribution in [0.25, 0.3) is 11.3 Å². The fourth-order valence-electron chi connectivity index (χ4n) is 2.40. The number of fused-ring (bicyclic) bond motifs is 1. The molecule has 0 unspecified atom stereocenters. The summed E-state index contributed by atoms with van der Waals surface area (Å²) in [7, 11) is 0. The SMILES string of the molecule is Cc1nc2c(nc1-c1cccc(Cl)c1Cl)C(=O)NCCC2. The van der Waals surface area contributed by atoms with Crippen LogP contribution in [0, 0.1) is 6.92 Å². The normalized spacial score (nSPS) is 14.3. The number of aryl methyl sites for hydroxylation is 2. The fourth-order valence-corrected chi connectivity index (χ4v) is 2.80. The molecule has 0 fully saturated rings. The van der Waals surface area contributed by atoms with E-state index in [1.165, 1.54) is 0 Å². The van der Waals surface area contributed by atoms with Crippen molar-refractivity contribution in [2.24, 2.45) is 0 Å². The molecule has 21 heavy (non-hydrogen) atoms. The number of halogens is 2. The van der Waals surface area contributed by atoms with Crippen molar-refractivity contribution >= 4 is 29.1 Å². The molecule has 1 aliphatic heterocycles. The first-order chi connectivity index (χ1) is 10.1. The molecule has 1 amide bonds. The topological polar surface area (TPSA) is 54.9 Å². The summed E-state index contributed by atoms with van der Waals surface area (Å²) in [6.07, 6.45) is 1.61. The van der Waals surface area contributed by atoms with Gasteiger partial charge in [-0.1, -0.05) is 35.3 Å². The molecule has 0 atom stereocenters. The van der Waals surface area contributed by atoms with Gasteiger partial charge in [-0.3, -0.25) is 9.78 Å². The van der Waals surface area contributed by atoms with E-state index in [9.17, 15) is 4.79 Å². The Labute approximate surface area is 132 Å². The number of carbonyl (C=O) groups excluding carboxylic acids is 1. The van der Waals surface area contributed by atoms with Crippen LogP contribution in [0.15, 0.2) is 18.2 Å². The second-order valence-corrected chi connectivity index (χ2v) is 5.70. The van der Waals surface area contributed by atoms with Crippen LogP contribution < -0.4 is 5.32 Å². The van der Waals surface area contributed by atoms with Gasteiger partial charge in [0.25, 0.3) is 5.91 Å². The number of hydrogen-bond donors (Lipinski definition) is 1. The molecular weight excluding hydrogens is 309 g/mol. The molecule has 0 radical (unpaired) electrons. The van der Waals surface area contributed by atoms with Crippen LogP contribution in [-0.4, -0.2) is 22.4 Å². The van der Waals surface area contributed by atoms with Crippen molar-refractivity contribution in [2.75, 3.05) is 6.54 Å². The third-order valence-corrected chi connectivity index (χ3v) is 4.26. The van der Waals surface area contributed by atoms with Crippen LogP contribution in [-0.2, 0) is 6.42 Å². The second kappa shape index (κ2) is 5.62. The van der Waals surface area contributed by atoms with Crippen LogP contribution in [0.4, 0.5) is 0 Å². The molecule has 4 nitrogen and oxygen atoms in total. The highest BCUT2D eigenvalue weighted by Crippen LogP contribution is 2.34. The lowest BCUT2D eigenvalue weighted by molar-refractivity contribution is 0.0951. The Kier molecular flexibility index (Phi) is 3.83. The van der Waals surface area contributed by atoms with E-state index < -0.39 is 0 Å². The van der Waals surface area contributed by atoms with E-state index in [1.54, 1.807) is 12.1 Å². The molecule has 2 heterocycles. The number of amides is 1. The van der Waals surface area contributed by atoms with Crippen molar-refractivity contribution in [2.45, 2.75) is 19.8 Å². The Morgan fingerprint density at radius 3 is 2.81 bits per heavy atom. The van der Waals surface area contributed by atoms with E-state index >= 15 is 0 Å². The number of carbonyl (C=O) groups is 1. The van der Waals surface area contributed by atoms with Gasteiger partial charge >= 0.3 is 0 Å². The van der Waals surface area contributed by atoms with Crippen molar-refractivity contribution in [3.63, 3.8) is 0 Å². The summed E-state index contributed by atoms with van der Waals surface area (Å²) < 4.78 is 0. The van der Waals surface area contributed by atoms with Crippen molar-refractivity contribution in [1.29, 1.82) is 0 Å². The smallest absolute Gasteiger partial charge is 0.271 e. The number of rotatable bonds is 1. The van der Waals surface area contributed by atoms with Crippen molar-refractivity contribution in [1.82, 2.24) is 15.3 Å². The average Bonchev–Trinajstić information content (AvgIpc) is 2.63. The Hall–Kier alpha value is -1.65. The molecule has 108 valence electrons. The minimum absolute atomic E-state index is 0.186. The summed E-state index contributed by atoms with van der Waals surface area (Å²) in [5, 5.41) is 3.70. The molecule has 0 aliphatic carbocycles. The Bertz CT molecular complexity index is 731. The van der Waals surface area contributed by atoms with Crippen molar-refractivity contribution in [3.8, 4) is 11.3 Å². The molecule has 1 N–H and O–H groups in total. The summed E-state index contributed by atoms with van der Waals surface area (Å²) in [6.45, 7) is 2.51.